The standard InChI is InChI=1S/C18H14FN5O4S/c19-13-8-20-18(22-10-2-1-3-12(25)6-10)24-17(13)21-11-4-5-15-14(7-11)23-16(26)9-29(15,27)28/h1-8,25H,9H2,(H,23,26)(H2,20,21,22,24). The van der Waals surface area contributed by atoms with Gasteiger partial charge in [0.1, 0.15) is 11.5 Å². The molecule has 0 aliphatic carbocycles. The molecule has 0 bridgehead atoms. The first kappa shape index (κ1) is 18.6. The first-order valence-corrected chi connectivity index (χ1v) is 9.98. The number of nitrogens with zero attached hydrogens (tertiary/aromatic N) is 2. The molecule has 29 heavy (non-hydrogen) atoms. The van der Waals surface area contributed by atoms with Gasteiger partial charge in [-0.2, -0.15) is 4.98 Å². The summed E-state index contributed by atoms with van der Waals surface area (Å²) in [4.78, 5) is 19.5. The molecular weight excluding hydrogens is 401 g/mol. The van der Waals surface area contributed by atoms with Crippen LogP contribution in [0.4, 0.5) is 33.2 Å². The number of rotatable bonds is 4. The number of phenolic OH excluding ortho intramolecular Hbond substituents is 1. The average molecular weight is 415 g/mol. The molecule has 4 N–H and O–H groups in total. The zero-order valence-electron chi connectivity index (χ0n) is 14.7. The molecule has 148 valence electrons. The van der Waals surface area contributed by atoms with Crippen molar-refractivity contribution in [3.05, 3.63) is 54.5 Å². The van der Waals surface area contributed by atoms with Crippen LogP contribution in [0.25, 0.3) is 0 Å². The van der Waals surface area contributed by atoms with Gasteiger partial charge in [-0.15, -0.1) is 0 Å². The number of halogens is 1. The number of sulfone groups is 1. The number of aromatic hydroxyl groups is 1. The molecule has 0 radical (unpaired) electrons. The summed E-state index contributed by atoms with van der Waals surface area (Å²) in [6.45, 7) is 0. The van der Waals surface area contributed by atoms with E-state index in [4.69, 9.17) is 0 Å². The van der Waals surface area contributed by atoms with Crippen molar-refractivity contribution in [3.63, 3.8) is 0 Å². The number of hydrogen-bond acceptors (Lipinski definition) is 8. The Hall–Kier alpha value is -3.73. The summed E-state index contributed by atoms with van der Waals surface area (Å²) in [5.41, 5.74) is 0.935. The van der Waals surface area contributed by atoms with Gasteiger partial charge in [0.2, 0.25) is 11.9 Å². The third-order valence-corrected chi connectivity index (χ3v) is 5.69. The molecule has 9 nitrogen and oxygen atoms in total. The summed E-state index contributed by atoms with van der Waals surface area (Å²) in [5.74, 6) is -2.03. The van der Waals surface area contributed by atoms with E-state index in [1.165, 1.54) is 30.3 Å². The molecule has 4 rings (SSSR count). The van der Waals surface area contributed by atoms with Crippen LogP contribution in [0.3, 0.4) is 0 Å². The summed E-state index contributed by atoms with van der Waals surface area (Å²) >= 11 is 0. The fraction of sp³-hybridized carbons (Fsp3) is 0.0556. The maximum absolute atomic E-state index is 14.2. The Morgan fingerprint density at radius 1 is 1.10 bits per heavy atom. The van der Waals surface area contributed by atoms with Crippen LogP contribution in [0.5, 0.6) is 5.75 Å². The Balaban J connectivity index is 1.61. The molecule has 1 aromatic heterocycles. The van der Waals surface area contributed by atoms with Gasteiger partial charge in [0.05, 0.1) is 16.8 Å². The van der Waals surface area contributed by atoms with Crippen LogP contribution in [0.1, 0.15) is 0 Å². The largest absolute Gasteiger partial charge is 0.508 e. The zero-order valence-corrected chi connectivity index (χ0v) is 15.5. The highest BCUT2D eigenvalue weighted by Gasteiger charge is 2.28. The molecule has 0 unspecified atom stereocenters. The van der Waals surface area contributed by atoms with Crippen molar-refractivity contribution in [3.8, 4) is 5.75 Å². The second-order valence-corrected chi connectivity index (χ2v) is 8.17. The number of amides is 1. The molecular formula is C18H14FN5O4S. The van der Waals surface area contributed by atoms with Gasteiger partial charge in [-0.3, -0.25) is 4.79 Å². The third-order valence-electron chi connectivity index (χ3n) is 4.02. The fourth-order valence-electron chi connectivity index (χ4n) is 2.78. The summed E-state index contributed by atoms with van der Waals surface area (Å²) in [5, 5.41) is 17.6. The van der Waals surface area contributed by atoms with E-state index in [2.05, 4.69) is 25.9 Å². The van der Waals surface area contributed by atoms with Crippen molar-refractivity contribution < 1.29 is 22.7 Å². The molecule has 0 fully saturated rings. The van der Waals surface area contributed by atoms with E-state index in [0.717, 1.165) is 6.20 Å². The lowest BCUT2D eigenvalue weighted by Gasteiger charge is -2.18. The van der Waals surface area contributed by atoms with Crippen molar-refractivity contribution in [2.45, 2.75) is 4.90 Å². The maximum Gasteiger partial charge on any atom is 0.239 e. The summed E-state index contributed by atoms with van der Waals surface area (Å²) in [6.07, 6.45) is 0.963. The Kier molecular flexibility index (Phi) is 4.51. The van der Waals surface area contributed by atoms with E-state index in [-0.39, 0.29) is 28.1 Å². The average Bonchev–Trinajstić information content (AvgIpc) is 2.63. The van der Waals surface area contributed by atoms with Gasteiger partial charge in [-0.25, -0.2) is 17.8 Å². The predicted octanol–water partition coefficient (Wildman–Crippen LogP) is 2.53. The minimum absolute atomic E-state index is 0.00273. The van der Waals surface area contributed by atoms with Crippen LogP contribution in [0.2, 0.25) is 0 Å². The number of phenols is 1. The fourth-order valence-corrected chi connectivity index (χ4v) is 4.07. The van der Waals surface area contributed by atoms with E-state index in [1.807, 2.05) is 0 Å². The first-order chi connectivity index (χ1) is 13.8. The molecule has 1 aliphatic rings. The quantitative estimate of drug-likeness (QED) is 0.511. The molecule has 1 aliphatic heterocycles. The zero-order chi connectivity index (χ0) is 20.6. The molecule has 1 amide bonds. The van der Waals surface area contributed by atoms with Gasteiger partial charge in [-0.1, -0.05) is 6.07 Å². The van der Waals surface area contributed by atoms with Gasteiger partial charge in [0.25, 0.3) is 0 Å². The number of carbonyl (C=O) groups is 1. The normalized spacial score (nSPS) is 14.6. The Bertz CT molecular complexity index is 1230. The molecule has 0 saturated heterocycles. The highest BCUT2D eigenvalue weighted by molar-refractivity contribution is 7.92. The van der Waals surface area contributed by atoms with Gasteiger partial charge < -0.3 is 21.1 Å². The SMILES string of the molecule is O=C1CS(=O)(=O)c2ccc(Nc3nc(Nc4cccc(O)c4)ncc3F)cc2N1. The van der Waals surface area contributed by atoms with Gasteiger partial charge in [0.15, 0.2) is 21.5 Å². The van der Waals surface area contributed by atoms with Gasteiger partial charge in [0, 0.05) is 17.4 Å². The van der Waals surface area contributed by atoms with Crippen LogP contribution < -0.4 is 16.0 Å². The van der Waals surface area contributed by atoms with E-state index in [1.54, 1.807) is 12.1 Å². The van der Waals surface area contributed by atoms with Crippen LogP contribution in [-0.4, -0.2) is 35.2 Å². The Morgan fingerprint density at radius 3 is 2.69 bits per heavy atom. The smallest absolute Gasteiger partial charge is 0.239 e. The van der Waals surface area contributed by atoms with Crippen molar-refractivity contribution >= 4 is 44.6 Å². The molecule has 0 spiro atoms. The van der Waals surface area contributed by atoms with Gasteiger partial charge >= 0.3 is 0 Å². The lowest BCUT2D eigenvalue weighted by atomic mass is 10.2. The van der Waals surface area contributed by atoms with Gasteiger partial charge in [-0.05, 0) is 30.3 Å². The lowest BCUT2D eigenvalue weighted by molar-refractivity contribution is -0.114. The van der Waals surface area contributed by atoms with Crippen molar-refractivity contribution in [1.82, 2.24) is 9.97 Å². The minimum atomic E-state index is -3.70. The predicted molar refractivity (Wildman–Crippen MR) is 104 cm³/mol. The van der Waals surface area contributed by atoms with E-state index in [9.17, 15) is 22.7 Å². The van der Waals surface area contributed by atoms with Crippen LogP contribution >= 0.6 is 0 Å². The minimum Gasteiger partial charge on any atom is -0.508 e. The number of carbonyl (C=O) groups excluding carboxylic acids is 1. The number of aromatic nitrogens is 2. The first-order valence-electron chi connectivity index (χ1n) is 8.32. The molecule has 2 aromatic carbocycles. The number of fused-ring (bicyclic) bond motifs is 1. The van der Waals surface area contributed by atoms with Crippen molar-refractivity contribution in [2.75, 3.05) is 21.7 Å². The van der Waals surface area contributed by atoms with E-state index in [0.29, 0.717) is 11.4 Å². The highest BCUT2D eigenvalue weighted by Crippen LogP contribution is 2.31. The Labute approximate surface area is 164 Å². The molecule has 0 atom stereocenters. The topological polar surface area (TPSA) is 133 Å². The third kappa shape index (κ3) is 3.94. The number of nitrogens with one attached hydrogen (secondary N) is 3. The number of benzene rings is 2. The molecule has 3 aromatic rings. The molecule has 11 heteroatoms. The van der Waals surface area contributed by atoms with Crippen molar-refractivity contribution in [1.29, 1.82) is 0 Å². The van der Waals surface area contributed by atoms with Crippen LogP contribution in [-0.2, 0) is 14.6 Å². The molecule has 0 saturated carbocycles. The molecule has 2 heterocycles. The monoisotopic (exact) mass is 415 g/mol. The van der Waals surface area contributed by atoms with E-state index >= 15 is 0 Å². The number of anilines is 5. The second kappa shape index (κ2) is 7.02. The number of hydrogen-bond donors (Lipinski definition) is 4. The summed E-state index contributed by atoms with van der Waals surface area (Å²) in [7, 11) is -3.70. The second-order valence-electron chi connectivity index (χ2n) is 6.21. The summed E-state index contributed by atoms with van der Waals surface area (Å²) in [6, 6.07) is 10.4. The van der Waals surface area contributed by atoms with Crippen LogP contribution in [0.15, 0.2) is 53.6 Å². The van der Waals surface area contributed by atoms with E-state index < -0.39 is 27.3 Å². The maximum atomic E-state index is 14.2. The lowest BCUT2D eigenvalue weighted by Crippen LogP contribution is -2.29. The van der Waals surface area contributed by atoms with Crippen LogP contribution in [0, 0.1) is 5.82 Å². The Morgan fingerprint density at radius 2 is 1.90 bits per heavy atom. The van der Waals surface area contributed by atoms with Crippen molar-refractivity contribution in [2.24, 2.45) is 0 Å². The highest BCUT2D eigenvalue weighted by atomic mass is 32.2. The summed E-state index contributed by atoms with van der Waals surface area (Å²) < 4.78 is 38.3.